The number of hydrogen-bond acceptors (Lipinski definition) is 4. The summed E-state index contributed by atoms with van der Waals surface area (Å²) in [6.45, 7) is 3.87. The molecule has 0 aliphatic heterocycles. The van der Waals surface area contributed by atoms with Crippen molar-refractivity contribution in [1.82, 2.24) is 14.3 Å². The van der Waals surface area contributed by atoms with Crippen molar-refractivity contribution in [3.8, 4) is 5.69 Å². The summed E-state index contributed by atoms with van der Waals surface area (Å²) >= 11 is 0. The van der Waals surface area contributed by atoms with Gasteiger partial charge in [0.15, 0.2) is 0 Å². The van der Waals surface area contributed by atoms with E-state index in [1.165, 1.54) is 6.20 Å². The number of aryl methyl sites for hydroxylation is 1. The lowest BCUT2D eigenvalue weighted by atomic mass is 10.1. The maximum atomic E-state index is 12.9. The van der Waals surface area contributed by atoms with E-state index in [0.717, 1.165) is 16.6 Å². The number of nitrogens with zero attached hydrogens (tertiary/aromatic N) is 3. The molecule has 2 aromatic carbocycles. The summed E-state index contributed by atoms with van der Waals surface area (Å²) in [6, 6.07) is 15.1. The third-order valence-electron chi connectivity index (χ3n) is 5.00. The number of esters is 1. The van der Waals surface area contributed by atoms with Gasteiger partial charge < -0.3 is 14.6 Å². The second-order valence-corrected chi connectivity index (χ2v) is 6.95. The van der Waals surface area contributed by atoms with E-state index in [9.17, 15) is 9.59 Å². The van der Waals surface area contributed by atoms with Gasteiger partial charge in [-0.3, -0.25) is 4.79 Å². The highest BCUT2D eigenvalue weighted by Crippen LogP contribution is 2.23. The van der Waals surface area contributed by atoms with E-state index in [0.29, 0.717) is 29.1 Å². The minimum atomic E-state index is -0.401. The predicted molar refractivity (Wildman–Crippen MR) is 115 cm³/mol. The first-order valence-corrected chi connectivity index (χ1v) is 9.67. The minimum Gasteiger partial charge on any atom is -0.462 e. The average molecular weight is 402 g/mol. The van der Waals surface area contributed by atoms with Gasteiger partial charge in [0.2, 0.25) is 0 Å². The van der Waals surface area contributed by atoms with Crippen LogP contribution in [-0.4, -0.2) is 32.8 Å². The summed E-state index contributed by atoms with van der Waals surface area (Å²) in [5.41, 5.74) is 4.07. The Bertz CT molecular complexity index is 1250. The van der Waals surface area contributed by atoms with Crippen LogP contribution in [0, 0.1) is 6.92 Å². The van der Waals surface area contributed by atoms with E-state index in [-0.39, 0.29) is 5.91 Å². The van der Waals surface area contributed by atoms with Gasteiger partial charge >= 0.3 is 5.97 Å². The number of hydrogen-bond donors (Lipinski definition) is 1. The highest BCUT2D eigenvalue weighted by Gasteiger charge is 2.17. The first kappa shape index (κ1) is 19.4. The molecule has 4 rings (SSSR count). The van der Waals surface area contributed by atoms with Gasteiger partial charge in [0.1, 0.15) is 5.56 Å². The Kier molecular flexibility index (Phi) is 5.10. The zero-order valence-corrected chi connectivity index (χ0v) is 17.0. The van der Waals surface area contributed by atoms with Gasteiger partial charge in [0, 0.05) is 29.8 Å². The molecule has 0 saturated heterocycles. The Morgan fingerprint density at radius 3 is 2.70 bits per heavy atom. The maximum absolute atomic E-state index is 12.9. The zero-order valence-electron chi connectivity index (χ0n) is 17.0. The molecule has 1 N–H and O–H groups in total. The monoisotopic (exact) mass is 402 g/mol. The Morgan fingerprint density at radius 1 is 1.10 bits per heavy atom. The lowest BCUT2D eigenvalue weighted by Crippen LogP contribution is -2.12. The Labute approximate surface area is 173 Å². The SMILES string of the molecule is CCOC(=O)c1cnn(-c2cccc(NC(=O)c3cn(C)c4ccccc34)c2)c1C. The van der Waals surface area contributed by atoms with Crippen molar-refractivity contribution in [3.05, 3.63) is 77.7 Å². The largest absolute Gasteiger partial charge is 0.462 e. The van der Waals surface area contributed by atoms with Crippen molar-refractivity contribution in [2.45, 2.75) is 13.8 Å². The fourth-order valence-corrected chi connectivity index (χ4v) is 3.52. The Morgan fingerprint density at radius 2 is 1.90 bits per heavy atom. The number of aromatic nitrogens is 3. The van der Waals surface area contributed by atoms with Crippen LogP contribution in [-0.2, 0) is 11.8 Å². The van der Waals surface area contributed by atoms with E-state index in [1.807, 2.05) is 66.3 Å². The zero-order chi connectivity index (χ0) is 21.3. The summed E-state index contributed by atoms with van der Waals surface area (Å²) in [5.74, 6) is -0.588. The molecule has 7 nitrogen and oxygen atoms in total. The van der Waals surface area contributed by atoms with Crippen LogP contribution in [0.3, 0.4) is 0 Å². The summed E-state index contributed by atoms with van der Waals surface area (Å²) in [5, 5.41) is 8.17. The van der Waals surface area contributed by atoms with Crippen LogP contribution >= 0.6 is 0 Å². The molecule has 152 valence electrons. The highest BCUT2D eigenvalue weighted by molar-refractivity contribution is 6.13. The van der Waals surface area contributed by atoms with Crippen molar-refractivity contribution in [3.63, 3.8) is 0 Å². The third-order valence-corrected chi connectivity index (χ3v) is 5.00. The standard InChI is InChI=1S/C23H22N4O3/c1-4-30-23(29)19-13-24-27(15(19)2)17-9-7-8-16(12-17)25-22(28)20-14-26(3)21-11-6-5-10-18(20)21/h5-14H,4H2,1-3H3,(H,25,28). The molecule has 4 aromatic rings. The molecule has 0 saturated carbocycles. The molecule has 0 aliphatic rings. The van der Waals surface area contributed by atoms with E-state index in [4.69, 9.17) is 4.74 Å². The van der Waals surface area contributed by atoms with Gasteiger partial charge in [0.25, 0.3) is 5.91 Å². The fraction of sp³-hybridized carbons (Fsp3) is 0.174. The topological polar surface area (TPSA) is 78.2 Å². The molecule has 1 amide bonds. The van der Waals surface area contributed by atoms with E-state index in [1.54, 1.807) is 18.5 Å². The molecular formula is C23H22N4O3. The van der Waals surface area contributed by atoms with Crippen molar-refractivity contribution in [1.29, 1.82) is 0 Å². The van der Waals surface area contributed by atoms with Gasteiger partial charge in [-0.15, -0.1) is 0 Å². The first-order chi connectivity index (χ1) is 14.5. The number of carbonyl (C=O) groups excluding carboxylic acids is 2. The molecule has 7 heteroatoms. The number of ether oxygens (including phenoxy) is 1. The van der Waals surface area contributed by atoms with Crippen LogP contribution < -0.4 is 5.32 Å². The Hall–Kier alpha value is -3.87. The third kappa shape index (κ3) is 3.45. The number of nitrogens with one attached hydrogen (secondary N) is 1. The van der Waals surface area contributed by atoms with Crippen LogP contribution in [0.15, 0.2) is 60.9 Å². The summed E-state index contributed by atoms with van der Waals surface area (Å²) < 4.78 is 8.66. The smallest absolute Gasteiger partial charge is 0.341 e. The van der Waals surface area contributed by atoms with Crippen molar-refractivity contribution < 1.29 is 14.3 Å². The molecule has 2 aromatic heterocycles. The van der Waals surface area contributed by atoms with Crippen LogP contribution in [0.25, 0.3) is 16.6 Å². The molecule has 0 atom stereocenters. The van der Waals surface area contributed by atoms with Crippen molar-refractivity contribution in [2.75, 3.05) is 11.9 Å². The number of carbonyl (C=O) groups is 2. The molecule has 0 aliphatic carbocycles. The molecule has 30 heavy (non-hydrogen) atoms. The second kappa shape index (κ2) is 7.87. The molecule has 2 heterocycles. The van der Waals surface area contributed by atoms with Crippen LogP contribution in [0.1, 0.15) is 33.3 Å². The summed E-state index contributed by atoms with van der Waals surface area (Å²) in [4.78, 5) is 25.0. The molecule has 0 bridgehead atoms. The number of rotatable bonds is 5. The number of fused-ring (bicyclic) bond motifs is 1. The van der Waals surface area contributed by atoms with E-state index < -0.39 is 5.97 Å². The van der Waals surface area contributed by atoms with Gasteiger partial charge in [-0.05, 0) is 38.1 Å². The first-order valence-electron chi connectivity index (χ1n) is 9.67. The molecule has 0 unspecified atom stereocenters. The Balaban J connectivity index is 1.61. The lowest BCUT2D eigenvalue weighted by Gasteiger charge is -2.09. The van der Waals surface area contributed by atoms with Gasteiger partial charge in [-0.1, -0.05) is 24.3 Å². The van der Waals surface area contributed by atoms with Crippen LogP contribution in [0.5, 0.6) is 0 Å². The molecule has 0 radical (unpaired) electrons. The fourth-order valence-electron chi connectivity index (χ4n) is 3.52. The van der Waals surface area contributed by atoms with Crippen LogP contribution in [0.2, 0.25) is 0 Å². The van der Waals surface area contributed by atoms with Gasteiger partial charge in [-0.25, -0.2) is 9.48 Å². The second-order valence-electron chi connectivity index (χ2n) is 6.95. The van der Waals surface area contributed by atoms with Crippen LogP contribution in [0.4, 0.5) is 5.69 Å². The number of amides is 1. The minimum absolute atomic E-state index is 0.187. The van der Waals surface area contributed by atoms with Gasteiger partial charge in [-0.2, -0.15) is 5.10 Å². The lowest BCUT2D eigenvalue weighted by molar-refractivity contribution is 0.0525. The molecular weight excluding hydrogens is 380 g/mol. The number of benzene rings is 2. The molecule has 0 fully saturated rings. The number of anilines is 1. The molecule has 0 spiro atoms. The highest BCUT2D eigenvalue weighted by atomic mass is 16.5. The van der Waals surface area contributed by atoms with Gasteiger partial charge in [0.05, 0.1) is 29.7 Å². The van der Waals surface area contributed by atoms with E-state index in [2.05, 4.69) is 10.4 Å². The quantitative estimate of drug-likeness (QED) is 0.510. The predicted octanol–water partition coefficient (Wildman–Crippen LogP) is 4.10. The van der Waals surface area contributed by atoms with Crippen molar-refractivity contribution >= 4 is 28.5 Å². The maximum Gasteiger partial charge on any atom is 0.341 e. The summed E-state index contributed by atoms with van der Waals surface area (Å²) in [6.07, 6.45) is 3.32. The van der Waals surface area contributed by atoms with E-state index >= 15 is 0 Å². The number of para-hydroxylation sites is 1. The average Bonchev–Trinajstić information content (AvgIpc) is 3.29. The normalized spacial score (nSPS) is 10.9. The van der Waals surface area contributed by atoms with Crippen molar-refractivity contribution in [2.24, 2.45) is 7.05 Å². The summed E-state index contributed by atoms with van der Waals surface area (Å²) in [7, 11) is 1.92.